The summed E-state index contributed by atoms with van der Waals surface area (Å²) in [7, 11) is 0. The van der Waals surface area contributed by atoms with E-state index < -0.39 is 0 Å². The van der Waals surface area contributed by atoms with Gasteiger partial charge in [0.25, 0.3) is 0 Å². The molecule has 8 aromatic carbocycles. The normalized spacial score (nSPS) is 13.9. The molecule has 0 saturated carbocycles. The predicted octanol–water partition coefficient (Wildman–Crippen LogP) is 26.6. The second-order valence-corrected chi connectivity index (χ2v) is 37.2. The molecule has 0 spiro atoms. The van der Waals surface area contributed by atoms with Crippen LogP contribution in [0.2, 0.25) is 0 Å². The van der Waals surface area contributed by atoms with Crippen molar-refractivity contribution in [1.82, 2.24) is 0 Å². The van der Waals surface area contributed by atoms with Crippen LogP contribution in [0.3, 0.4) is 0 Å². The van der Waals surface area contributed by atoms with Gasteiger partial charge in [-0.05, 0) is 194 Å². The minimum atomic E-state index is -0.301. The number of hydrogen-bond acceptors (Lipinski definition) is 4. The van der Waals surface area contributed by atoms with Crippen LogP contribution in [-0.4, -0.2) is 0 Å². The fraction of sp³-hybridized carbons (Fsp3) is 0.465. The third-order valence-corrected chi connectivity index (χ3v) is 18.9. The molecule has 90 heavy (non-hydrogen) atoms. The van der Waals surface area contributed by atoms with Crippen LogP contribution in [0.15, 0.2) is 130 Å². The van der Waals surface area contributed by atoms with E-state index in [1.165, 1.54) is 66.4 Å². The molecule has 10 aromatic rings. The van der Waals surface area contributed by atoms with Crippen molar-refractivity contribution in [1.29, 1.82) is 0 Å². The van der Waals surface area contributed by atoms with Crippen molar-refractivity contribution >= 4 is 88.8 Å². The molecule has 10 rings (SSSR count). The van der Waals surface area contributed by atoms with Crippen molar-refractivity contribution in [3.8, 4) is 0 Å². The molecule has 4 heteroatoms. The molecular weight excluding hydrogens is 1090 g/mol. The van der Waals surface area contributed by atoms with Gasteiger partial charge in [0.1, 0.15) is 22.3 Å². The zero-order valence-electron chi connectivity index (χ0n) is 61.3. The Morgan fingerprint density at radius 2 is 0.411 bits per heavy atom. The molecule has 0 amide bonds. The summed E-state index contributed by atoms with van der Waals surface area (Å²) < 4.78 is 15.0. The minimum Gasteiger partial charge on any atom is -0.456 e. The first kappa shape index (κ1) is 66.2. The molecule has 0 fully saturated rings. The number of rotatable bonds is 6. The van der Waals surface area contributed by atoms with E-state index in [2.05, 4.69) is 339 Å². The highest BCUT2D eigenvalue weighted by Crippen LogP contribution is 2.52. The second kappa shape index (κ2) is 21.4. The highest BCUT2D eigenvalue weighted by Gasteiger charge is 2.34. The molecule has 4 nitrogen and oxygen atoms in total. The molecule has 2 heterocycles. The standard InChI is InChI=1S/C86H110N2O2/c1-77(2,3)51-35-52(78(4,5)6)40-61(39-51)87(62-41-53(79(7,8)9)36-54(42-62)80(10,11)12)59-31-33-65-69-49-67-68(73(85(25,26)27)75(69)89-71(65)47-59)50-70-66-34-32-60(48-72(66)90-76(70)74(67)86(28,29)30)88(63-43-55(81(13,14)15)37-56(44-63)82(16,17)18)64-45-57(83(19,20)21)38-58(46-64)84(22,23)24/h31-50H,1-30H3. The molecule has 476 valence electrons. The third kappa shape index (κ3) is 12.7. The average Bonchev–Trinajstić information content (AvgIpc) is 1.44. The van der Waals surface area contributed by atoms with E-state index in [0.29, 0.717) is 0 Å². The third-order valence-electron chi connectivity index (χ3n) is 18.9. The van der Waals surface area contributed by atoms with Crippen LogP contribution in [0.5, 0.6) is 0 Å². The van der Waals surface area contributed by atoms with E-state index in [1.54, 1.807) is 0 Å². The van der Waals surface area contributed by atoms with Crippen molar-refractivity contribution in [2.45, 2.75) is 262 Å². The van der Waals surface area contributed by atoms with Gasteiger partial charge in [-0.3, -0.25) is 0 Å². The number of furan rings is 2. The summed E-state index contributed by atoms with van der Waals surface area (Å²) in [5.74, 6) is 0. The van der Waals surface area contributed by atoms with E-state index in [1.807, 2.05) is 0 Å². The van der Waals surface area contributed by atoms with Gasteiger partial charge in [-0.1, -0.05) is 232 Å². The number of nitrogens with zero attached hydrogens (tertiary/aromatic N) is 2. The van der Waals surface area contributed by atoms with E-state index in [-0.39, 0.29) is 54.1 Å². The summed E-state index contributed by atoms with van der Waals surface area (Å²) in [5, 5.41) is 6.84. The van der Waals surface area contributed by atoms with Crippen molar-refractivity contribution in [2.75, 3.05) is 9.80 Å². The average molecular weight is 1200 g/mol. The molecule has 0 aliphatic rings. The topological polar surface area (TPSA) is 32.8 Å². The second-order valence-electron chi connectivity index (χ2n) is 37.2. The first-order valence-corrected chi connectivity index (χ1v) is 33.5. The van der Waals surface area contributed by atoms with Crippen LogP contribution in [0, 0.1) is 0 Å². The van der Waals surface area contributed by atoms with Crippen LogP contribution >= 0.6 is 0 Å². The van der Waals surface area contributed by atoms with Crippen molar-refractivity contribution in [3.05, 3.63) is 177 Å². The molecule has 0 aliphatic carbocycles. The lowest BCUT2D eigenvalue weighted by Gasteiger charge is -2.33. The minimum absolute atomic E-state index is 0.0747. The van der Waals surface area contributed by atoms with Crippen molar-refractivity contribution in [3.63, 3.8) is 0 Å². The van der Waals surface area contributed by atoms with Gasteiger partial charge in [0.05, 0.1) is 0 Å². The Bertz CT molecular complexity index is 3870. The van der Waals surface area contributed by atoms with Gasteiger partial charge in [-0.15, -0.1) is 0 Å². The Morgan fingerprint density at radius 3 is 0.600 bits per heavy atom. The fourth-order valence-electron chi connectivity index (χ4n) is 13.1. The Hall–Kier alpha value is -6.78. The predicted molar refractivity (Wildman–Crippen MR) is 395 cm³/mol. The van der Waals surface area contributed by atoms with Gasteiger partial charge in [0.2, 0.25) is 0 Å². The highest BCUT2D eigenvalue weighted by molar-refractivity contribution is 6.19. The lowest BCUT2D eigenvalue weighted by Crippen LogP contribution is -2.21. The van der Waals surface area contributed by atoms with E-state index in [0.717, 1.165) is 78.0 Å². The molecule has 0 unspecified atom stereocenters. The first-order chi connectivity index (χ1) is 40.9. The van der Waals surface area contributed by atoms with Crippen LogP contribution in [0.1, 0.15) is 263 Å². The van der Waals surface area contributed by atoms with E-state index >= 15 is 0 Å². The summed E-state index contributed by atoms with van der Waals surface area (Å²) in [5.41, 5.74) is 22.0. The van der Waals surface area contributed by atoms with Crippen LogP contribution in [0.4, 0.5) is 34.1 Å². The lowest BCUT2D eigenvalue weighted by molar-refractivity contribution is 0.567. The summed E-state index contributed by atoms with van der Waals surface area (Å²) in [6, 6.07) is 47.9. The molecule has 0 atom stereocenters. The van der Waals surface area contributed by atoms with Gasteiger partial charge in [0, 0.05) is 78.9 Å². The fourth-order valence-corrected chi connectivity index (χ4v) is 13.1. The summed E-state index contributed by atoms with van der Waals surface area (Å²) in [4.78, 5) is 5.01. The summed E-state index contributed by atoms with van der Waals surface area (Å²) in [6.07, 6.45) is 0. The lowest BCUT2D eigenvalue weighted by atomic mass is 9.77. The van der Waals surface area contributed by atoms with Gasteiger partial charge >= 0.3 is 0 Å². The Kier molecular flexibility index (Phi) is 15.7. The monoisotopic (exact) mass is 1200 g/mol. The van der Waals surface area contributed by atoms with Gasteiger partial charge < -0.3 is 18.6 Å². The number of anilines is 6. The van der Waals surface area contributed by atoms with E-state index in [9.17, 15) is 0 Å². The van der Waals surface area contributed by atoms with Gasteiger partial charge in [-0.25, -0.2) is 0 Å². The van der Waals surface area contributed by atoms with Crippen molar-refractivity contribution < 1.29 is 8.83 Å². The first-order valence-electron chi connectivity index (χ1n) is 33.5. The summed E-state index contributed by atoms with van der Waals surface area (Å²) in [6.45, 7) is 70.1. The number of hydrogen-bond donors (Lipinski definition) is 0. The SMILES string of the molecule is CC(C)(C)c1cc(N(c2cc(C(C)(C)C)cc(C(C)(C)C)c2)c2ccc3c(c2)oc2c(C(C)(C)C)c4cc5c(oc6cc(N(c7cc(C(C)(C)C)cc(C(C)(C)C)c7)c7cc(C(C)(C)C)cc(C(C)(C)C)c7)ccc65)c(C(C)(C)C)c4cc23)cc(C(C)(C)C)c1. The highest BCUT2D eigenvalue weighted by atomic mass is 16.3. The Labute approximate surface area is 543 Å². The zero-order chi connectivity index (χ0) is 66.7. The quantitative estimate of drug-likeness (QED) is 0.166. The van der Waals surface area contributed by atoms with Crippen molar-refractivity contribution in [2.24, 2.45) is 0 Å². The summed E-state index contributed by atoms with van der Waals surface area (Å²) >= 11 is 0. The van der Waals surface area contributed by atoms with E-state index in [4.69, 9.17) is 8.83 Å². The molecule has 2 aromatic heterocycles. The maximum absolute atomic E-state index is 7.49. The number of fused-ring (bicyclic) bond motifs is 7. The maximum atomic E-state index is 7.49. The van der Waals surface area contributed by atoms with Gasteiger partial charge in [-0.2, -0.15) is 0 Å². The van der Waals surface area contributed by atoms with Gasteiger partial charge in [0.15, 0.2) is 0 Å². The molecule has 0 N–H and O–H groups in total. The van der Waals surface area contributed by atoms with Crippen LogP contribution < -0.4 is 9.80 Å². The largest absolute Gasteiger partial charge is 0.456 e. The molecule has 0 saturated heterocycles. The molecule has 0 bridgehead atoms. The molecular formula is C86H110N2O2. The van der Waals surface area contributed by atoms with Crippen LogP contribution in [0.25, 0.3) is 54.6 Å². The molecule has 0 radical (unpaired) electrons. The number of benzene rings is 8. The van der Waals surface area contributed by atoms with Crippen LogP contribution in [-0.2, 0) is 54.1 Å². The Balaban J connectivity index is 1.25. The molecule has 0 aliphatic heterocycles. The maximum Gasteiger partial charge on any atom is 0.139 e. The zero-order valence-corrected chi connectivity index (χ0v) is 61.3. The Morgan fingerprint density at radius 1 is 0.200 bits per heavy atom. The smallest absolute Gasteiger partial charge is 0.139 e.